The van der Waals surface area contributed by atoms with E-state index in [0.29, 0.717) is 5.69 Å². The van der Waals surface area contributed by atoms with Crippen molar-refractivity contribution in [3.05, 3.63) is 40.2 Å². The molecule has 0 radical (unpaired) electrons. The number of hydrogen-bond donors (Lipinski definition) is 0. The lowest BCUT2D eigenvalue weighted by atomic mass is 10.4. The molecule has 0 aliphatic carbocycles. The number of nitrogens with zero attached hydrogens (tertiary/aromatic N) is 3. The molecule has 66 valence electrons. The van der Waals surface area contributed by atoms with Crippen LogP contribution in [-0.2, 0) is 0 Å². The zero-order valence-corrected chi connectivity index (χ0v) is 8.64. The summed E-state index contributed by atoms with van der Waals surface area (Å²) < 4.78 is 15.3. The molecule has 2 aromatic heterocycles. The molecule has 13 heavy (non-hydrogen) atoms. The summed E-state index contributed by atoms with van der Waals surface area (Å²) in [6, 6.07) is 3.04. The molecule has 0 N–H and O–H groups in total. The SMILES string of the molecule is Fc1cc(-n2cc(I)cn2)ccn1. The molecule has 0 aromatic carbocycles. The van der Waals surface area contributed by atoms with Gasteiger partial charge >= 0.3 is 0 Å². The van der Waals surface area contributed by atoms with Crippen molar-refractivity contribution in [1.29, 1.82) is 0 Å². The lowest BCUT2D eigenvalue weighted by Gasteiger charge is -1.98. The molecule has 0 spiro atoms. The van der Waals surface area contributed by atoms with Crippen LogP contribution in [-0.4, -0.2) is 14.8 Å². The van der Waals surface area contributed by atoms with Gasteiger partial charge in [0.2, 0.25) is 5.95 Å². The average molecular weight is 289 g/mol. The molecule has 0 atom stereocenters. The predicted octanol–water partition coefficient (Wildman–Crippen LogP) is 2.01. The molecular formula is C8H5FIN3. The fourth-order valence-corrected chi connectivity index (χ4v) is 1.37. The largest absolute Gasteiger partial charge is 0.240 e. The Kier molecular flexibility index (Phi) is 2.26. The summed E-state index contributed by atoms with van der Waals surface area (Å²) >= 11 is 2.14. The topological polar surface area (TPSA) is 30.7 Å². The van der Waals surface area contributed by atoms with Crippen LogP contribution in [0.2, 0.25) is 0 Å². The number of hydrogen-bond acceptors (Lipinski definition) is 2. The van der Waals surface area contributed by atoms with Crippen LogP contribution in [0, 0.1) is 9.52 Å². The summed E-state index contributed by atoms with van der Waals surface area (Å²) in [6.07, 6.45) is 4.94. The summed E-state index contributed by atoms with van der Waals surface area (Å²) in [5.74, 6) is -0.497. The van der Waals surface area contributed by atoms with Crippen molar-refractivity contribution in [2.75, 3.05) is 0 Å². The molecule has 2 rings (SSSR count). The van der Waals surface area contributed by atoms with Gasteiger partial charge in [0.25, 0.3) is 0 Å². The second kappa shape index (κ2) is 3.41. The minimum Gasteiger partial charge on any atom is -0.240 e. The van der Waals surface area contributed by atoms with Gasteiger partial charge < -0.3 is 0 Å². The summed E-state index contributed by atoms with van der Waals surface area (Å²) in [5.41, 5.74) is 0.676. The van der Waals surface area contributed by atoms with Gasteiger partial charge in [-0.2, -0.15) is 9.49 Å². The number of halogens is 2. The molecule has 0 bridgehead atoms. The van der Waals surface area contributed by atoms with Gasteiger partial charge in [-0.15, -0.1) is 0 Å². The Labute approximate surface area is 87.7 Å². The summed E-state index contributed by atoms with van der Waals surface area (Å²) in [7, 11) is 0. The first kappa shape index (κ1) is 8.61. The highest BCUT2D eigenvalue weighted by molar-refractivity contribution is 14.1. The first-order valence-electron chi connectivity index (χ1n) is 3.58. The molecule has 2 aromatic rings. The maximum atomic E-state index is 12.7. The quantitative estimate of drug-likeness (QED) is 0.594. The van der Waals surface area contributed by atoms with Gasteiger partial charge in [-0.1, -0.05) is 0 Å². The van der Waals surface area contributed by atoms with Crippen molar-refractivity contribution in [2.45, 2.75) is 0 Å². The Morgan fingerprint density at radius 3 is 2.92 bits per heavy atom. The third-order valence-corrected chi connectivity index (χ3v) is 2.08. The normalized spacial score (nSPS) is 10.3. The molecule has 5 heteroatoms. The maximum absolute atomic E-state index is 12.7. The van der Waals surface area contributed by atoms with Crippen molar-refractivity contribution in [2.24, 2.45) is 0 Å². The highest BCUT2D eigenvalue weighted by Crippen LogP contribution is 2.09. The van der Waals surface area contributed by atoms with E-state index in [1.54, 1.807) is 16.9 Å². The molecule has 0 saturated carbocycles. The fourth-order valence-electron chi connectivity index (χ4n) is 0.977. The Hall–Kier alpha value is -0.980. The molecule has 0 unspecified atom stereocenters. The predicted molar refractivity (Wildman–Crippen MR) is 54.0 cm³/mol. The van der Waals surface area contributed by atoms with Gasteiger partial charge in [0.15, 0.2) is 0 Å². The van der Waals surface area contributed by atoms with Gasteiger partial charge in [0, 0.05) is 18.5 Å². The highest BCUT2D eigenvalue weighted by atomic mass is 127. The average Bonchev–Trinajstić information content (AvgIpc) is 2.52. The summed E-state index contributed by atoms with van der Waals surface area (Å²) in [4.78, 5) is 3.46. The van der Waals surface area contributed by atoms with Crippen LogP contribution < -0.4 is 0 Å². The van der Waals surface area contributed by atoms with Crippen LogP contribution >= 0.6 is 22.6 Å². The fraction of sp³-hybridized carbons (Fsp3) is 0. The van der Waals surface area contributed by atoms with Gasteiger partial charge in [0.1, 0.15) is 0 Å². The van der Waals surface area contributed by atoms with E-state index in [2.05, 4.69) is 32.7 Å². The van der Waals surface area contributed by atoms with E-state index in [1.807, 2.05) is 6.20 Å². The smallest absolute Gasteiger partial charge is 0.214 e. The monoisotopic (exact) mass is 289 g/mol. The molecule has 3 nitrogen and oxygen atoms in total. The number of pyridine rings is 1. The second-order valence-electron chi connectivity index (χ2n) is 2.44. The van der Waals surface area contributed by atoms with E-state index in [-0.39, 0.29) is 0 Å². The maximum Gasteiger partial charge on any atom is 0.214 e. The van der Waals surface area contributed by atoms with Crippen molar-refractivity contribution in [3.8, 4) is 5.69 Å². The van der Waals surface area contributed by atoms with Gasteiger partial charge in [-0.05, 0) is 28.7 Å². The van der Waals surface area contributed by atoms with E-state index in [9.17, 15) is 4.39 Å². The first-order valence-corrected chi connectivity index (χ1v) is 4.66. The summed E-state index contributed by atoms with van der Waals surface area (Å²) in [5, 5.41) is 4.04. The van der Waals surface area contributed by atoms with Crippen LogP contribution in [0.3, 0.4) is 0 Å². The van der Waals surface area contributed by atoms with Crippen LogP contribution in [0.25, 0.3) is 5.69 Å². The Morgan fingerprint density at radius 1 is 1.46 bits per heavy atom. The van der Waals surface area contributed by atoms with E-state index < -0.39 is 5.95 Å². The zero-order valence-electron chi connectivity index (χ0n) is 6.48. The first-order chi connectivity index (χ1) is 6.25. The highest BCUT2D eigenvalue weighted by Gasteiger charge is 1.99. The second-order valence-corrected chi connectivity index (χ2v) is 3.69. The third kappa shape index (κ3) is 1.85. The van der Waals surface area contributed by atoms with Crippen LogP contribution in [0.15, 0.2) is 30.7 Å². The minimum absolute atomic E-state index is 0.497. The lowest BCUT2D eigenvalue weighted by molar-refractivity contribution is 0.581. The van der Waals surface area contributed by atoms with E-state index in [0.717, 1.165) is 3.57 Å². The zero-order chi connectivity index (χ0) is 9.26. The molecular weight excluding hydrogens is 284 g/mol. The van der Waals surface area contributed by atoms with Crippen LogP contribution in [0.5, 0.6) is 0 Å². The third-order valence-electron chi connectivity index (χ3n) is 1.53. The number of aromatic nitrogens is 3. The standard InChI is InChI=1S/C8H5FIN3/c9-8-3-7(1-2-11-8)13-5-6(10)4-12-13/h1-5H. The minimum atomic E-state index is -0.497. The van der Waals surface area contributed by atoms with Crippen LogP contribution in [0.4, 0.5) is 4.39 Å². The molecule has 0 amide bonds. The van der Waals surface area contributed by atoms with Gasteiger partial charge in [-0.3, -0.25) is 0 Å². The van der Waals surface area contributed by atoms with Crippen molar-refractivity contribution in [1.82, 2.24) is 14.8 Å². The van der Waals surface area contributed by atoms with Crippen molar-refractivity contribution in [3.63, 3.8) is 0 Å². The summed E-state index contributed by atoms with van der Waals surface area (Å²) in [6.45, 7) is 0. The van der Waals surface area contributed by atoms with Gasteiger partial charge in [-0.25, -0.2) is 9.67 Å². The van der Waals surface area contributed by atoms with Crippen molar-refractivity contribution >= 4 is 22.6 Å². The van der Waals surface area contributed by atoms with Gasteiger partial charge in [0.05, 0.1) is 15.5 Å². The Morgan fingerprint density at radius 2 is 2.31 bits per heavy atom. The molecule has 0 fully saturated rings. The lowest BCUT2D eigenvalue weighted by Crippen LogP contribution is -1.95. The van der Waals surface area contributed by atoms with E-state index >= 15 is 0 Å². The molecule has 0 saturated heterocycles. The molecule has 2 heterocycles. The Balaban J connectivity index is 2.46. The van der Waals surface area contributed by atoms with Crippen molar-refractivity contribution < 1.29 is 4.39 Å². The van der Waals surface area contributed by atoms with E-state index in [4.69, 9.17) is 0 Å². The molecule has 0 aliphatic rings. The number of rotatable bonds is 1. The molecule has 0 aliphatic heterocycles. The van der Waals surface area contributed by atoms with Crippen LogP contribution in [0.1, 0.15) is 0 Å². The van der Waals surface area contributed by atoms with E-state index in [1.165, 1.54) is 12.3 Å². The Bertz CT molecular complexity index is 427.